The van der Waals surface area contributed by atoms with Gasteiger partial charge in [0.25, 0.3) is 0 Å². The van der Waals surface area contributed by atoms with Crippen LogP contribution in [-0.2, 0) is 31.3 Å². The Morgan fingerprint density at radius 1 is 0.682 bits per heavy atom. The van der Waals surface area contributed by atoms with Gasteiger partial charge in [-0.1, -0.05) is 50.2 Å². The Labute approximate surface area is 262 Å². The van der Waals surface area contributed by atoms with Crippen molar-refractivity contribution in [1.82, 2.24) is 0 Å². The van der Waals surface area contributed by atoms with Crippen molar-refractivity contribution < 1.29 is 27.5 Å². The lowest BCUT2D eigenvalue weighted by Gasteiger charge is -2.64. The van der Waals surface area contributed by atoms with Crippen molar-refractivity contribution in [3.05, 3.63) is 71.2 Å². The first kappa shape index (κ1) is 30.2. The summed E-state index contributed by atoms with van der Waals surface area (Å²) in [7, 11) is -0.377. The fraction of sp³-hybridized carbons (Fsp3) is 0.556. The molecule has 232 valence electrons. The largest absolute Gasteiger partial charge is 0.464 e. The normalized spacial score (nSPS) is 29.4. The molecular formula is C36H46B2O6. The molecule has 0 spiro atoms. The van der Waals surface area contributed by atoms with Crippen LogP contribution in [0.15, 0.2) is 57.8 Å². The first-order valence-corrected chi connectivity index (χ1v) is 16.3. The molecule has 4 heterocycles. The van der Waals surface area contributed by atoms with E-state index in [1.807, 2.05) is 12.5 Å². The average Bonchev–Trinajstić information content (AvgIpc) is 3.68. The zero-order valence-corrected chi connectivity index (χ0v) is 27.8. The van der Waals surface area contributed by atoms with E-state index < -0.39 is 0 Å². The zero-order valence-electron chi connectivity index (χ0n) is 27.8. The maximum atomic E-state index is 6.53. The molecule has 2 aliphatic heterocycles. The molecular weight excluding hydrogens is 550 g/mol. The van der Waals surface area contributed by atoms with Crippen LogP contribution in [0.1, 0.15) is 83.6 Å². The number of rotatable bonds is 4. The standard InChI is InChI=1S/C20H25BO3.C16H21BO3/c1-12-6-5-7-15-13(11-22-18(12)15)10-21-23-17-9-14-8-16(19(14,2)3)20(17,4)24-21;1-11-7-6-8-13-12(10-18-14(11)13)9-17-19-15(2,3)16(4,5)20-17/h5-7,11,14,16-17H,8-10H2,1-4H3;6-8,10H,9H2,1-5H3/t14-,16-,17+,20-;/m0./s1. The van der Waals surface area contributed by atoms with E-state index in [4.69, 9.17) is 27.5 Å². The first-order chi connectivity index (χ1) is 20.7. The quantitative estimate of drug-likeness (QED) is 0.220. The minimum absolute atomic E-state index is 0.127. The van der Waals surface area contributed by atoms with Crippen LogP contribution in [0, 0.1) is 31.1 Å². The Bertz CT molecular complexity index is 1690. The SMILES string of the molecule is Cc1cccc2c(CB3OC(C)(C)C(C)(C)O3)coc12.Cc1cccc2c(CB3O[C@@H]4C[C@@H]5C[C@@H](C5(C)C)[C@]4(C)O3)coc12. The summed E-state index contributed by atoms with van der Waals surface area (Å²) in [5.74, 6) is 1.41. The van der Waals surface area contributed by atoms with Gasteiger partial charge in [0.1, 0.15) is 11.2 Å². The summed E-state index contributed by atoms with van der Waals surface area (Å²) in [6, 6.07) is 12.5. The molecule has 9 rings (SSSR count). The minimum Gasteiger partial charge on any atom is -0.464 e. The fourth-order valence-electron chi connectivity index (χ4n) is 8.27. The van der Waals surface area contributed by atoms with Crippen molar-refractivity contribution in [1.29, 1.82) is 0 Å². The first-order valence-electron chi connectivity index (χ1n) is 16.3. The van der Waals surface area contributed by atoms with Crippen LogP contribution in [0.4, 0.5) is 0 Å². The third-order valence-corrected chi connectivity index (χ3v) is 11.8. The highest BCUT2D eigenvalue weighted by Gasteiger charge is 2.67. The number of furan rings is 2. The van der Waals surface area contributed by atoms with E-state index in [1.54, 1.807) is 0 Å². The molecule has 0 unspecified atom stereocenters. The number of fused-ring (bicyclic) bond motifs is 2. The second-order valence-electron chi connectivity index (χ2n) is 15.4. The van der Waals surface area contributed by atoms with Crippen molar-refractivity contribution >= 4 is 36.2 Å². The Balaban J connectivity index is 0.000000145. The van der Waals surface area contributed by atoms with Crippen molar-refractivity contribution in [3.8, 4) is 0 Å². The molecule has 0 radical (unpaired) electrons. The second kappa shape index (κ2) is 10.2. The Morgan fingerprint density at radius 3 is 1.73 bits per heavy atom. The Kier molecular flexibility index (Phi) is 7.03. The van der Waals surface area contributed by atoms with Crippen LogP contribution >= 0.6 is 0 Å². The summed E-state index contributed by atoms with van der Waals surface area (Å²) < 4.78 is 36.5. The van der Waals surface area contributed by atoms with Gasteiger partial charge in [-0.15, -0.1) is 0 Å². The number of aryl methyl sites for hydroxylation is 2. The van der Waals surface area contributed by atoms with E-state index in [0.717, 1.165) is 46.3 Å². The molecule has 8 heteroatoms. The van der Waals surface area contributed by atoms with Gasteiger partial charge in [-0.2, -0.15) is 0 Å². The van der Waals surface area contributed by atoms with E-state index in [-0.39, 0.29) is 37.1 Å². The van der Waals surface area contributed by atoms with E-state index in [9.17, 15) is 0 Å². The van der Waals surface area contributed by atoms with Crippen molar-refractivity contribution in [2.75, 3.05) is 0 Å². The average molecular weight is 596 g/mol. The van der Waals surface area contributed by atoms with E-state index in [1.165, 1.54) is 22.9 Å². The van der Waals surface area contributed by atoms with Gasteiger partial charge in [0.2, 0.25) is 0 Å². The summed E-state index contributed by atoms with van der Waals surface area (Å²) in [5.41, 5.74) is 6.30. The van der Waals surface area contributed by atoms with Crippen molar-refractivity contribution in [2.45, 2.75) is 111 Å². The third-order valence-electron chi connectivity index (χ3n) is 11.8. The summed E-state index contributed by atoms with van der Waals surface area (Å²) in [4.78, 5) is 0. The zero-order chi connectivity index (χ0) is 31.2. The maximum Gasteiger partial charge on any atom is 0.462 e. The molecule has 5 fully saturated rings. The van der Waals surface area contributed by atoms with Gasteiger partial charge in [-0.05, 0) is 101 Å². The third kappa shape index (κ3) is 4.71. The molecule has 0 N–H and O–H groups in total. The molecule has 4 aromatic rings. The highest BCUT2D eigenvalue weighted by Crippen LogP contribution is 2.65. The highest BCUT2D eigenvalue weighted by molar-refractivity contribution is 6.45. The lowest BCUT2D eigenvalue weighted by molar-refractivity contribution is -0.199. The summed E-state index contributed by atoms with van der Waals surface area (Å²) >= 11 is 0. The molecule has 44 heavy (non-hydrogen) atoms. The number of benzene rings is 2. The minimum atomic E-state index is -0.285. The predicted molar refractivity (Wildman–Crippen MR) is 176 cm³/mol. The summed E-state index contributed by atoms with van der Waals surface area (Å²) in [6.07, 6.45) is 7.86. The predicted octanol–water partition coefficient (Wildman–Crippen LogP) is 8.47. The fourth-order valence-corrected chi connectivity index (χ4v) is 8.27. The summed E-state index contributed by atoms with van der Waals surface area (Å²) in [5, 5.41) is 2.34. The monoisotopic (exact) mass is 596 g/mol. The molecule has 2 bridgehead atoms. The van der Waals surface area contributed by atoms with Crippen molar-refractivity contribution in [2.24, 2.45) is 17.3 Å². The van der Waals surface area contributed by atoms with E-state index >= 15 is 0 Å². The smallest absolute Gasteiger partial charge is 0.462 e. The van der Waals surface area contributed by atoms with Crippen LogP contribution in [0.2, 0.25) is 0 Å². The van der Waals surface area contributed by atoms with Gasteiger partial charge >= 0.3 is 14.2 Å². The van der Waals surface area contributed by atoms with Crippen LogP contribution in [0.25, 0.3) is 21.9 Å². The highest BCUT2D eigenvalue weighted by atomic mass is 16.7. The maximum absolute atomic E-state index is 6.53. The Morgan fingerprint density at radius 2 is 1.20 bits per heavy atom. The van der Waals surface area contributed by atoms with Gasteiger partial charge < -0.3 is 27.5 Å². The van der Waals surface area contributed by atoms with Crippen LogP contribution in [-0.4, -0.2) is 37.1 Å². The van der Waals surface area contributed by atoms with Gasteiger partial charge in [0, 0.05) is 23.4 Å². The molecule has 3 saturated carbocycles. The van der Waals surface area contributed by atoms with Crippen LogP contribution in [0.3, 0.4) is 0 Å². The molecule has 5 aliphatic rings. The number of hydrogen-bond donors (Lipinski definition) is 0. The topological polar surface area (TPSA) is 63.2 Å². The second-order valence-corrected chi connectivity index (χ2v) is 15.4. The molecule has 0 amide bonds. The number of hydrogen-bond acceptors (Lipinski definition) is 6. The molecule has 2 aromatic carbocycles. The lowest BCUT2D eigenvalue weighted by Crippen LogP contribution is -2.65. The lowest BCUT2D eigenvalue weighted by atomic mass is 9.43. The van der Waals surface area contributed by atoms with E-state index in [0.29, 0.717) is 17.7 Å². The van der Waals surface area contributed by atoms with Crippen LogP contribution < -0.4 is 0 Å². The van der Waals surface area contributed by atoms with Gasteiger partial charge in [-0.3, -0.25) is 0 Å². The number of para-hydroxylation sites is 2. The molecule has 2 saturated heterocycles. The van der Waals surface area contributed by atoms with Gasteiger partial charge in [-0.25, -0.2) is 0 Å². The van der Waals surface area contributed by atoms with Crippen molar-refractivity contribution in [3.63, 3.8) is 0 Å². The molecule has 6 nitrogen and oxygen atoms in total. The molecule has 4 atom stereocenters. The summed E-state index contributed by atoms with van der Waals surface area (Å²) in [6.45, 7) is 19.5. The molecule has 2 aromatic heterocycles. The molecule has 3 aliphatic carbocycles. The van der Waals surface area contributed by atoms with Crippen LogP contribution in [0.5, 0.6) is 0 Å². The van der Waals surface area contributed by atoms with Gasteiger partial charge in [0.05, 0.1) is 35.4 Å². The van der Waals surface area contributed by atoms with Gasteiger partial charge in [0.15, 0.2) is 0 Å². The van der Waals surface area contributed by atoms with E-state index in [2.05, 4.69) is 98.7 Å². The Hall–Kier alpha value is -2.51.